The highest BCUT2D eigenvalue weighted by molar-refractivity contribution is 7.16. The van der Waals surface area contributed by atoms with Gasteiger partial charge in [-0.25, -0.2) is 0 Å². The zero-order valence-electron chi connectivity index (χ0n) is 11.5. The van der Waals surface area contributed by atoms with Crippen LogP contribution in [0.5, 0.6) is 0 Å². The minimum atomic E-state index is 0.246. The number of thiophene rings is 1. The molecule has 2 heterocycles. The molecule has 0 aromatic carbocycles. The van der Waals surface area contributed by atoms with Crippen LogP contribution in [0.15, 0.2) is 12.1 Å². The number of carbonyl (C=O) groups is 1. The van der Waals surface area contributed by atoms with Gasteiger partial charge in [0.25, 0.3) is 0 Å². The van der Waals surface area contributed by atoms with E-state index in [1.807, 2.05) is 11.0 Å². The second-order valence-electron chi connectivity index (χ2n) is 5.52. The number of nitrogens with one attached hydrogen (secondary N) is 1. The molecule has 20 heavy (non-hydrogen) atoms. The highest BCUT2D eigenvalue weighted by atomic mass is 35.5. The van der Waals surface area contributed by atoms with Crippen LogP contribution in [0.25, 0.3) is 0 Å². The fourth-order valence-corrected chi connectivity index (χ4v) is 3.57. The summed E-state index contributed by atoms with van der Waals surface area (Å²) in [6, 6.07) is 4.64. The first-order valence-corrected chi connectivity index (χ1v) is 8.38. The molecule has 1 aliphatic heterocycles. The zero-order valence-corrected chi connectivity index (χ0v) is 13.1. The van der Waals surface area contributed by atoms with Crippen LogP contribution in [0.3, 0.4) is 0 Å². The van der Waals surface area contributed by atoms with E-state index in [0.29, 0.717) is 12.6 Å². The monoisotopic (exact) mass is 313 g/mol. The van der Waals surface area contributed by atoms with Gasteiger partial charge in [0.2, 0.25) is 5.91 Å². The van der Waals surface area contributed by atoms with Crippen molar-refractivity contribution in [3.8, 4) is 0 Å². The summed E-state index contributed by atoms with van der Waals surface area (Å²) in [6.07, 6.45) is 2.45. The summed E-state index contributed by atoms with van der Waals surface area (Å²) in [6.45, 7) is 5.02. The van der Waals surface area contributed by atoms with Crippen LogP contribution in [0, 0.1) is 0 Å². The van der Waals surface area contributed by atoms with Gasteiger partial charge in [-0.05, 0) is 25.0 Å². The summed E-state index contributed by atoms with van der Waals surface area (Å²) < 4.78 is 0.847. The van der Waals surface area contributed by atoms with Gasteiger partial charge in [-0.15, -0.1) is 11.3 Å². The number of halogens is 1. The van der Waals surface area contributed by atoms with E-state index in [0.717, 1.165) is 37.1 Å². The third-order valence-corrected chi connectivity index (χ3v) is 5.07. The Balaban J connectivity index is 1.40. The molecular weight excluding hydrogens is 294 g/mol. The Kier molecular flexibility index (Phi) is 4.61. The van der Waals surface area contributed by atoms with Crippen molar-refractivity contribution in [1.82, 2.24) is 15.1 Å². The molecule has 0 bridgehead atoms. The lowest BCUT2D eigenvalue weighted by atomic mass is 10.3. The van der Waals surface area contributed by atoms with Crippen molar-refractivity contribution in [1.29, 1.82) is 0 Å². The first-order chi connectivity index (χ1) is 9.70. The highest BCUT2D eigenvalue weighted by Gasteiger charge is 2.25. The van der Waals surface area contributed by atoms with Crippen molar-refractivity contribution in [2.45, 2.75) is 25.4 Å². The van der Waals surface area contributed by atoms with Gasteiger partial charge < -0.3 is 10.2 Å². The van der Waals surface area contributed by atoms with E-state index >= 15 is 0 Å². The van der Waals surface area contributed by atoms with Crippen LogP contribution in [0.4, 0.5) is 0 Å². The lowest BCUT2D eigenvalue weighted by molar-refractivity contribution is -0.132. The minimum absolute atomic E-state index is 0.246. The number of nitrogens with zero attached hydrogens (tertiary/aromatic N) is 2. The molecule has 1 aromatic heterocycles. The number of hydrogen-bond donors (Lipinski definition) is 1. The van der Waals surface area contributed by atoms with E-state index in [1.165, 1.54) is 17.7 Å². The van der Waals surface area contributed by atoms with Gasteiger partial charge in [-0.3, -0.25) is 9.69 Å². The van der Waals surface area contributed by atoms with E-state index in [4.69, 9.17) is 11.6 Å². The molecule has 2 fully saturated rings. The molecule has 6 heteroatoms. The Morgan fingerprint density at radius 1 is 1.30 bits per heavy atom. The normalized spacial score (nSPS) is 20.4. The number of carbonyl (C=O) groups excluding carboxylic acids is 1. The Labute approximate surface area is 128 Å². The molecule has 1 aliphatic carbocycles. The Hall–Kier alpha value is -0.620. The predicted molar refractivity (Wildman–Crippen MR) is 82.2 cm³/mol. The molecule has 0 atom stereocenters. The maximum Gasteiger partial charge on any atom is 0.236 e. The number of amides is 1. The molecule has 0 unspecified atom stereocenters. The Bertz CT molecular complexity index is 467. The minimum Gasteiger partial charge on any atom is -0.339 e. The number of piperazine rings is 1. The topological polar surface area (TPSA) is 35.6 Å². The lowest BCUT2D eigenvalue weighted by Gasteiger charge is -2.34. The molecule has 1 amide bonds. The summed E-state index contributed by atoms with van der Waals surface area (Å²) >= 11 is 7.59. The predicted octanol–water partition coefficient (Wildman–Crippen LogP) is 1.80. The molecule has 1 saturated carbocycles. The summed E-state index contributed by atoms with van der Waals surface area (Å²) in [5, 5.41) is 3.29. The van der Waals surface area contributed by atoms with Crippen LogP contribution >= 0.6 is 22.9 Å². The van der Waals surface area contributed by atoms with Gasteiger partial charge in [0.05, 0.1) is 10.9 Å². The summed E-state index contributed by atoms with van der Waals surface area (Å²) in [7, 11) is 0. The summed E-state index contributed by atoms with van der Waals surface area (Å²) in [5.41, 5.74) is 0. The average molecular weight is 314 g/mol. The van der Waals surface area contributed by atoms with Gasteiger partial charge in [-0.2, -0.15) is 0 Å². The molecule has 110 valence electrons. The van der Waals surface area contributed by atoms with Crippen molar-refractivity contribution < 1.29 is 4.79 Å². The fourth-order valence-electron chi connectivity index (χ4n) is 2.44. The first-order valence-electron chi connectivity index (χ1n) is 7.18. The van der Waals surface area contributed by atoms with Gasteiger partial charge in [0.15, 0.2) is 0 Å². The average Bonchev–Trinajstić information content (AvgIpc) is 3.20. The van der Waals surface area contributed by atoms with Crippen molar-refractivity contribution >= 4 is 28.8 Å². The van der Waals surface area contributed by atoms with E-state index in [9.17, 15) is 4.79 Å². The SMILES string of the molecule is O=C(CNC1CC1)N1CCN(Cc2ccc(Cl)s2)CC1. The van der Waals surface area contributed by atoms with Gasteiger partial charge >= 0.3 is 0 Å². The largest absolute Gasteiger partial charge is 0.339 e. The maximum atomic E-state index is 12.0. The smallest absolute Gasteiger partial charge is 0.236 e. The highest BCUT2D eigenvalue weighted by Crippen LogP contribution is 2.23. The van der Waals surface area contributed by atoms with Crippen molar-refractivity contribution in [3.05, 3.63) is 21.3 Å². The zero-order chi connectivity index (χ0) is 13.9. The molecular formula is C14H20ClN3OS. The molecule has 1 aromatic rings. The molecule has 1 N–H and O–H groups in total. The lowest BCUT2D eigenvalue weighted by Crippen LogP contribution is -2.50. The fraction of sp³-hybridized carbons (Fsp3) is 0.643. The van der Waals surface area contributed by atoms with Crippen LogP contribution < -0.4 is 5.32 Å². The second kappa shape index (κ2) is 6.43. The molecule has 0 radical (unpaired) electrons. The van der Waals surface area contributed by atoms with Gasteiger partial charge in [0.1, 0.15) is 0 Å². The summed E-state index contributed by atoms with van der Waals surface area (Å²) in [5.74, 6) is 0.246. The molecule has 2 aliphatic rings. The number of hydrogen-bond acceptors (Lipinski definition) is 4. The Morgan fingerprint density at radius 3 is 2.65 bits per heavy atom. The quantitative estimate of drug-likeness (QED) is 0.900. The first kappa shape index (κ1) is 14.3. The van der Waals surface area contributed by atoms with Crippen LogP contribution in [-0.4, -0.2) is 54.5 Å². The third kappa shape index (κ3) is 3.95. The van der Waals surface area contributed by atoms with E-state index in [-0.39, 0.29) is 5.91 Å². The van der Waals surface area contributed by atoms with Crippen molar-refractivity contribution in [3.63, 3.8) is 0 Å². The van der Waals surface area contributed by atoms with E-state index in [1.54, 1.807) is 11.3 Å². The van der Waals surface area contributed by atoms with Crippen molar-refractivity contribution in [2.24, 2.45) is 0 Å². The van der Waals surface area contributed by atoms with Crippen LogP contribution in [-0.2, 0) is 11.3 Å². The van der Waals surface area contributed by atoms with E-state index in [2.05, 4.69) is 16.3 Å². The third-order valence-electron chi connectivity index (χ3n) is 3.85. The van der Waals surface area contributed by atoms with Gasteiger partial charge in [-0.1, -0.05) is 11.6 Å². The summed E-state index contributed by atoms with van der Waals surface area (Å²) in [4.78, 5) is 17.7. The second-order valence-corrected chi connectivity index (χ2v) is 7.32. The van der Waals surface area contributed by atoms with E-state index < -0.39 is 0 Å². The molecule has 3 rings (SSSR count). The standard InChI is InChI=1S/C14H20ClN3OS/c15-13-4-3-12(20-13)10-17-5-7-18(8-6-17)14(19)9-16-11-1-2-11/h3-4,11,16H,1-2,5-10H2. The molecule has 1 saturated heterocycles. The van der Waals surface area contributed by atoms with Gasteiger partial charge in [0, 0.05) is 43.6 Å². The van der Waals surface area contributed by atoms with Crippen LogP contribution in [0.1, 0.15) is 17.7 Å². The molecule has 4 nitrogen and oxygen atoms in total. The van der Waals surface area contributed by atoms with Crippen LogP contribution in [0.2, 0.25) is 4.34 Å². The molecule has 0 spiro atoms. The Morgan fingerprint density at radius 2 is 2.05 bits per heavy atom. The maximum absolute atomic E-state index is 12.0. The van der Waals surface area contributed by atoms with Crippen molar-refractivity contribution in [2.75, 3.05) is 32.7 Å². The number of rotatable bonds is 5.